The number of benzene rings is 1. The molecule has 1 aliphatic rings. The highest BCUT2D eigenvalue weighted by atomic mass is 15.0. The van der Waals surface area contributed by atoms with E-state index in [0.29, 0.717) is 5.82 Å². The second-order valence-electron chi connectivity index (χ2n) is 4.43. The van der Waals surface area contributed by atoms with E-state index in [1.807, 2.05) is 6.07 Å². The van der Waals surface area contributed by atoms with Crippen molar-refractivity contribution in [2.24, 2.45) is 0 Å². The first kappa shape index (κ1) is 10.8. The predicted octanol–water partition coefficient (Wildman–Crippen LogP) is 1.67. The summed E-state index contributed by atoms with van der Waals surface area (Å²) in [7, 11) is 0. The number of aryl methyl sites for hydroxylation is 1. The number of hydrogen-bond donors (Lipinski definition) is 3. The monoisotopic (exact) mass is 241 g/mol. The molecule has 3 rings (SSSR count). The molecule has 5 N–H and O–H groups in total. The van der Waals surface area contributed by atoms with Gasteiger partial charge in [0.05, 0.1) is 0 Å². The molecule has 5 heteroatoms. The SMILES string of the molecule is Nc1ncc(-c2ccc3c(c2)CCCN3)c(N)n1. The molecule has 0 bridgehead atoms. The highest BCUT2D eigenvalue weighted by molar-refractivity contribution is 5.76. The van der Waals surface area contributed by atoms with Crippen LogP contribution in [0, 0.1) is 0 Å². The minimum atomic E-state index is 0.205. The van der Waals surface area contributed by atoms with Gasteiger partial charge in [-0.3, -0.25) is 0 Å². The van der Waals surface area contributed by atoms with Gasteiger partial charge in [0, 0.05) is 24.0 Å². The molecule has 18 heavy (non-hydrogen) atoms. The van der Waals surface area contributed by atoms with Gasteiger partial charge < -0.3 is 16.8 Å². The summed E-state index contributed by atoms with van der Waals surface area (Å²) in [6.45, 7) is 1.04. The van der Waals surface area contributed by atoms with E-state index in [1.54, 1.807) is 6.20 Å². The zero-order valence-electron chi connectivity index (χ0n) is 9.98. The van der Waals surface area contributed by atoms with Crippen molar-refractivity contribution in [1.29, 1.82) is 0 Å². The Morgan fingerprint density at radius 2 is 2.11 bits per heavy atom. The number of nitrogens with one attached hydrogen (secondary N) is 1. The van der Waals surface area contributed by atoms with Crippen LogP contribution >= 0.6 is 0 Å². The molecule has 0 amide bonds. The average molecular weight is 241 g/mol. The molecule has 2 heterocycles. The van der Waals surface area contributed by atoms with Crippen molar-refractivity contribution >= 4 is 17.5 Å². The van der Waals surface area contributed by atoms with E-state index in [9.17, 15) is 0 Å². The third kappa shape index (κ3) is 1.84. The van der Waals surface area contributed by atoms with Crippen LogP contribution in [0.5, 0.6) is 0 Å². The molecule has 0 saturated heterocycles. The first-order valence-electron chi connectivity index (χ1n) is 5.99. The van der Waals surface area contributed by atoms with E-state index < -0.39 is 0 Å². The quantitative estimate of drug-likeness (QED) is 0.706. The predicted molar refractivity (Wildman–Crippen MR) is 73.1 cm³/mol. The Morgan fingerprint density at radius 1 is 1.22 bits per heavy atom. The molecule has 0 radical (unpaired) electrons. The summed E-state index contributed by atoms with van der Waals surface area (Å²) in [5.41, 5.74) is 15.8. The Kier molecular flexibility index (Phi) is 2.51. The molecule has 5 nitrogen and oxygen atoms in total. The molecule has 0 fully saturated rings. The van der Waals surface area contributed by atoms with Crippen molar-refractivity contribution in [1.82, 2.24) is 9.97 Å². The van der Waals surface area contributed by atoms with Crippen molar-refractivity contribution in [2.75, 3.05) is 23.3 Å². The molecular formula is C13H15N5. The second kappa shape index (κ2) is 4.18. The molecule has 0 saturated carbocycles. The number of aromatic nitrogens is 2. The van der Waals surface area contributed by atoms with Gasteiger partial charge in [-0.15, -0.1) is 0 Å². The summed E-state index contributed by atoms with van der Waals surface area (Å²) < 4.78 is 0. The Bertz CT molecular complexity index is 594. The fourth-order valence-electron chi connectivity index (χ4n) is 2.27. The number of hydrogen-bond acceptors (Lipinski definition) is 5. The van der Waals surface area contributed by atoms with Gasteiger partial charge in [-0.25, -0.2) is 4.98 Å². The first-order chi connectivity index (χ1) is 8.74. The molecule has 92 valence electrons. The number of nitrogen functional groups attached to an aromatic ring is 2. The maximum atomic E-state index is 5.88. The van der Waals surface area contributed by atoms with Gasteiger partial charge in [0.1, 0.15) is 5.82 Å². The maximum absolute atomic E-state index is 5.88. The summed E-state index contributed by atoms with van der Waals surface area (Å²) in [6, 6.07) is 6.26. The zero-order valence-corrected chi connectivity index (χ0v) is 9.98. The number of nitrogens with two attached hydrogens (primary N) is 2. The summed E-state index contributed by atoms with van der Waals surface area (Å²) in [5.74, 6) is 0.627. The molecule has 0 aliphatic carbocycles. The Balaban J connectivity index is 2.06. The number of nitrogens with zero attached hydrogens (tertiary/aromatic N) is 2. The van der Waals surface area contributed by atoms with Crippen LogP contribution < -0.4 is 16.8 Å². The fourth-order valence-corrected chi connectivity index (χ4v) is 2.27. The van der Waals surface area contributed by atoms with Crippen LogP contribution in [0.3, 0.4) is 0 Å². The van der Waals surface area contributed by atoms with E-state index in [1.165, 1.54) is 11.3 Å². The van der Waals surface area contributed by atoms with E-state index in [-0.39, 0.29) is 5.95 Å². The lowest BCUT2D eigenvalue weighted by Crippen LogP contribution is -2.11. The van der Waals surface area contributed by atoms with Crippen LogP contribution in [0.15, 0.2) is 24.4 Å². The highest BCUT2D eigenvalue weighted by Gasteiger charge is 2.11. The molecule has 0 atom stereocenters. The van der Waals surface area contributed by atoms with Crippen LogP contribution in [0.1, 0.15) is 12.0 Å². The molecule has 1 aliphatic heterocycles. The summed E-state index contributed by atoms with van der Waals surface area (Å²) in [4.78, 5) is 7.99. The Morgan fingerprint density at radius 3 is 2.94 bits per heavy atom. The van der Waals surface area contributed by atoms with E-state index in [2.05, 4.69) is 27.4 Å². The first-order valence-corrected chi connectivity index (χ1v) is 5.99. The zero-order chi connectivity index (χ0) is 12.5. The van der Waals surface area contributed by atoms with Gasteiger partial charge in [-0.2, -0.15) is 4.98 Å². The lowest BCUT2D eigenvalue weighted by Gasteiger charge is -2.18. The van der Waals surface area contributed by atoms with E-state index in [4.69, 9.17) is 11.5 Å². The van der Waals surface area contributed by atoms with Gasteiger partial charge in [0.2, 0.25) is 5.95 Å². The third-order valence-corrected chi connectivity index (χ3v) is 3.19. The normalized spacial score (nSPS) is 13.8. The minimum absolute atomic E-state index is 0.205. The third-order valence-electron chi connectivity index (χ3n) is 3.19. The molecule has 2 aromatic rings. The van der Waals surface area contributed by atoms with E-state index >= 15 is 0 Å². The maximum Gasteiger partial charge on any atom is 0.221 e. The molecule has 0 unspecified atom stereocenters. The van der Waals surface area contributed by atoms with Gasteiger partial charge in [-0.1, -0.05) is 6.07 Å². The van der Waals surface area contributed by atoms with Gasteiger partial charge >= 0.3 is 0 Å². The molecular weight excluding hydrogens is 226 g/mol. The molecule has 1 aromatic heterocycles. The Hall–Kier alpha value is -2.30. The fraction of sp³-hybridized carbons (Fsp3) is 0.231. The highest BCUT2D eigenvalue weighted by Crippen LogP contribution is 2.30. The number of rotatable bonds is 1. The van der Waals surface area contributed by atoms with Crippen LogP contribution in [-0.2, 0) is 6.42 Å². The Labute approximate surface area is 105 Å². The van der Waals surface area contributed by atoms with Crippen LogP contribution in [0.4, 0.5) is 17.5 Å². The smallest absolute Gasteiger partial charge is 0.221 e. The lowest BCUT2D eigenvalue weighted by atomic mass is 9.98. The molecule has 0 spiro atoms. The second-order valence-corrected chi connectivity index (χ2v) is 4.43. The van der Waals surface area contributed by atoms with Gasteiger partial charge in [-0.05, 0) is 36.1 Å². The van der Waals surface area contributed by atoms with Gasteiger partial charge in [0.15, 0.2) is 0 Å². The van der Waals surface area contributed by atoms with Crippen LogP contribution in [0.25, 0.3) is 11.1 Å². The van der Waals surface area contributed by atoms with Gasteiger partial charge in [0.25, 0.3) is 0 Å². The lowest BCUT2D eigenvalue weighted by molar-refractivity contribution is 0.830. The standard InChI is InChI=1S/C13H15N5/c14-12-10(7-17-13(15)18-12)8-3-4-11-9(6-8)2-1-5-16-11/h3-4,6-7,16H,1-2,5H2,(H4,14,15,17,18). The average Bonchev–Trinajstić information content (AvgIpc) is 2.38. The van der Waals surface area contributed by atoms with Crippen molar-refractivity contribution in [3.63, 3.8) is 0 Å². The summed E-state index contributed by atoms with van der Waals surface area (Å²) in [6.07, 6.45) is 3.92. The number of anilines is 3. The van der Waals surface area contributed by atoms with Crippen molar-refractivity contribution in [2.45, 2.75) is 12.8 Å². The minimum Gasteiger partial charge on any atom is -0.385 e. The van der Waals surface area contributed by atoms with E-state index in [0.717, 1.165) is 30.5 Å². The summed E-state index contributed by atoms with van der Waals surface area (Å²) >= 11 is 0. The van der Waals surface area contributed by atoms with Crippen LogP contribution in [-0.4, -0.2) is 16.5 Å². The largest absolute Gasteiger partial charge is 0.385 e. The summed E-state index contributed by atoms with van der Waals surface area (Å²) in [5, 5.41) is 3.38. The van der Waals surface area contributed by atoms with Crippen LogP contribution in [0.2, 0.25) is 0 Å². The topological polar surface area (TPSA) is 89.8 Å². The van der Waals surface area contributed by atoms with Crippen molar-refractivity contribution < 1.29 is 0 Å². The molecule has 1 aromatic carbocycles. The van der Waals surface area contributed by atoms with Crippen molar-refractivity contribution in [3.05, 3.63) is 30.0 Å². The van der Waals surface area contributed by atoms with Crippen molar-refractivity contribution in [3.8, 4) is 11.1 Å². The number of fused-ring (bicyclic) bond motifs is 1.